The number of hydrogen-bond donors (Lipinski definition) is 2. The number of amides is 2. The molecule has 4 heteroatoms. The molecule has 1 fully saturated rings. The van der Waals surface area contributed by atoms with E-state index in [0.29, 0.717) is 12.1 Å². The molecule has 1 aliphatic heterocycles. The molecule has 2 aromatic carbocycles. The average Bonchev–Trinajstić information content (AvgIpc) is 2.51. The van der Waals surface area contributed by atoms with Crippen molar-refractivity contribution in [3.8, 4) is 0 Å². The Balaban J connectivity index is 1.73. The highest BCUT2D eigenvalue weighted by atomic mass is 16.2. The Hall–Kier alpha value is -2.07. The van der Waals surface area contributed by atoms with Crippen molar-refractivity contribution in [2.45, 2.75) is 45.2 Å². The van der Waals surface area contributed by atoms with Crippen molar-refractivity contribution in [3.63, 3.8) is 0 Å². The van der Waals surface area contributed by atoms with Crippen LogP contribution in [-0.2, 0) is 0 Å². The van der Waals surface area contributed by atoms with E-state index in [1.807, 2.05) is 42.5 Å². The van der Waals surface area contributed by atoms with Crippen molar-refractivity contribution < 1.29 is 4.79 Å². The molecule has 2 atom stereocenters. The predicted octanol–water partition coefficient (Wildman–Crippen LogP) is 4.14. The summed E-state index contributed by atoms with van der Waals surface area (Å²) in [7, 11) is 0. The van der Waals surface area contributed by atoms with Gasteiger partial charge < -0.3 is 5.32 Å². The second-order valence-corrected chi connectivity index (χ2v) is 6.13. The van der Waals surface area contributed by atoms with E-state index in [0.717, 1.165) is 29.3 Å². The highest BCUT2D eigenvalue weighted by Gasteiger charge is 2.26. The van der Waals surface area contributed by atoms with Gasteiger partial charge in [-0.3, -0.25) is 5.43 Å². The van der Waals surface area contributed by atoms with Gasteiger partial charge in [0.25, 0.3) is 0 Å². The molecular weight excluding hydrogens is 274 g/mol. The molecule has 3 rings (SSSR count). The fourth-order valence-electron chi connectivity index (χ4n) is 3.24. The largest absolute Gasteiger partial charge is 0.333 e. The minimum Gasteiger partial charge on any atom is -0.306 e. The molecule has 0 aromatic heterocycles. The van der Waals surface area contributed by atoms with Gasteiger partial charge >= 0.3 is 6.03 Å². The number of anilines is 1. The summed E-state index contributed by atoms with van der Waals surface area (Å²) in [5.41, 5.74) is 3.86. The Morgan fingerprint density at radius 2 is 1.73 bits per heavy atom. The number of piperidine rings is 1. The van der Waals surface area contributed by atoms with E-state index >= 15 is 0 Å². The average molecular weight is 297 g/mol. The third-order valence-corrected chi connectivity index (χ3v) is 4.46. The van der Waals surface area contributed by atoms with Crippen LogP contribution < -0.4 is 10.7 Å². The Bertz CT molecular complexity index is 655. The number of hydrazine groups is 1. The second-order valence-electron chi connectivity index (χ2n) is 6.13. The molecule has 0 unspecified atom stereocenters. The summed E-state index contributed by atoms with van der Waals surface area (Å²) in [5.74, 6) is 0. The molecule has 22 heavy (non-hydrogen) atoms. The van der Waals surface area contributed by atoms with E-state index in [1.165, 1.54) is 6.42 Å². The molecule has 2 amide bonds. The molecule has 1 aliphatic rings. The first-order valence-corrected chi connectivity index (χ1v) is 7.99. The van der Waals surface area contributed by atoms with Crippen molar-refractivity contribution in [3.05, 3.63) is 42.5 Å². The Morgan fingerprint density at radius 3 is 2.50 bits per heavy atom. The summed E-state index contributed by atoms with van der Waals surface area (Å²) >= 11 is 0. The predicted molar refractivity (Wildman–Crippen MR) is 90.7 cm³/mol. The Kier molecular flexibility index (Phi) is 4.29. The van der Waals surface area contributed by atoms with E-state index in [2.05, 4.69) is 29.6 Å². The lowest BCUT2D eigenvalue weighted by atomic mass is 10.00. The summed E-state index contributed by atoms with van der Waals surface area (Å²) in [6.07, 6.45) is 3.48. The summed E-state index contributed by atoms with van der Waals surface area (Å²) in [6.45, 7) is 4.32. The zero-order valence-electron chi connectivity index (χ0n) is 13.2. The van der Waals surface area contributed by atoms with Crippen LogP contribution in [0.4, 0.5) is 10.5 Å². The van der Waals surface area contributed by atoms with Gasteiger partial charge in [0, 0.05) is 17.5 Å². The summed E-state index contributed by atoms with van der Waals surface area (Å²) in [5, 5.41) is 7.24. The quantitative estimate of drug-likeness (QED) is 0.875. The molecule has 2 N–H and O–H groups in total. The van der Waals surface area contributed by atoms with Crippen LogP contribution in [0.5, 0.6) is 0 Å². The van der Waals surface area contributed by atoms with Crippen LogP contribution in [0.15, 0.2) is 42.5 Å². The first-order chi connectivity index (χ1) is 10.6. The van der Waals surface area contributed by atoms with Crippen molar-refractivity contribution in [2.75, 3.05) is 5.32 Å². The number of urea groups is 1. The van der Waals surface area contributed by atoms with Crippen LogP contribution in [0.25, 0.3) is 10.8 Å². The fraction of sp³-hybridized carbons (Fsp3) is 0.389. The van der Waals surface area contributed by atoms with Gasteiger partial charge in [-0.25, -0.2) is 9.80 Å². The van der Waals surface area contributed by atoms with E-state index in [-0.39, 0.29) is 6.03 Å². The van der Waals surface area contributed by atoms with Crippen molar-refractivity contribution in [2.24, 2.45) is 0 Å². The van der Waals surface area contributed by atoms with Crippen molar-refractivity contribution in [1.29, 1.82) is 0 Å². The number of hydrogen-bond acceptors (Lipinski definition) is 2. The third-order valence-electron chi connectivity index (χ3n) is 4.46. The van der Waals surface area contributed by atoms with Gasteiger partial charge in [-0.1, -0.05) is 42.8 Å². The highest BCUT2D eigenvalue weighted by molar-refractivity contribution is 6.01. The maximum Gasteiger partial charge on any atom is 0.333 e. The van der Waals surface area contributed by atoms with Crippen LogP contribution >= 0.6 is 0 Å². The number of carbonyl (C=O) groups excluding carboxylic acids is 1. The first-order valence-electron chi connectivity index (χ1n) is 7.99. The van der Waals surface area contributed by atoms with Crippen LogP contribution in [-0.4, -0.2) is 23.1 Å². The van der Waals surface area contributed by atoms with Gasteiger partial charge in [-0.15, -0.1) is 0 Å². The summed E-state index contributed by atoms with van der Waals surface area (Å²) in [6, 6.07) is 14.6. The van der Waals surface area contributed by atoms with Gasteiger partial charge in [0.2, 0.25) is 0 Å². The van der Waals surface area contributed by atoms with Crippen LogP contribution in [0.2, 0.25) is 0 Å². The van der Waals surface area contributed by atoms with Gasteiger partial charge in [-0.2, -0.15) is 0 Å². The van der Waals surface area contributed by atoms with Crippen molar-refractivity contribution in [1.82, 2.24) is 10.4 Å². The smallest absolute Gasteiger partial charge is 0.306 e. The molecular formula is C18H23N3O. The molecule has 2 aromatic rings. The third kappa shape index (κ3) is 3.07. The second kappa shape index (κ2) is 6.36. The Morgan fingerprint density at radius 1 is 1.05 bits per heavy atom. The molecule has 4 nitrogen and oxygen atoms in total. The van der Waals surface area contributed by atoms with E-state index in [1.54, 1.807) is 0 Å². The normalized spacial score (nSPS) is 22.5. The molecule has 1 saturated heterocycles. The molecule has 1 heterocycles. The lowest BCUT2D eigenvalue weighted by molar-refractivity contribution is 0.0625. The lowest BCUT2D eigenvalue weighted by Gasteiger charge is -2.38. The summed E-state index contributed by atoms with van der Waals surface area (Å²) < 4.78 is 0. The molecule has 116 valence electrons. The maximum atomic E-state index is 12.4. The highest BCUT2D eigenvalue weighted by Crippen LogP contribution is 2.23. The summed E-state index contributed by atoms with van der Waals surface area (Å²) in [4.78, 5) is 12.4. The number of rotatable bonds is 2. The topological polar surface area (TPSA) is 44.4 Å². The van der Waals surface area contributed by atoms with Gasteiger partial charge in [0.1, 0.15) is 0 Å². The lowest BCUT2D eigenvalue weighted by Crippen LogP contribution is -2.55. The number of carbonyl (C=O) groups is 1. The SMILES string of the molecule is C[C@H]1CCC[C@H](C)N1NC(=O)Nc1cccc2ccccc12. The van der Waals surface area contributed by atoms with E-state index < -0.39 is 0 Å². The molecule has 0 aliphatic carbocycles. The number of benzene rings is 2. The van der Waals surface area contributed by atoms with Gasteiger partial charge in [0.05, 0.1) is 5.69 Å². The minimum absolute atomic E-state index is 0.169. The minimum atomic E-state index is -0.169. The molecule has 0 saturated carbocycles. The van der Waals surface area contributed by atoms with Gasteiger partial charge in [-0.05, 0) is 38.1 Å². The first kappa shape index (κ1) is 14.9. The van der Waals surface area contributed by atoms with Crippen LogP contribution in [0, 0.1) is 0 Å². The monoisotopic (exact) mass is 297 g/mol. The van der Waals surface area contributed by atoms with E-state index in [4.69, 9.17) is 0 Å². The maximum absolute atomic E-state index is 12.4. The molecule has 0 radical (unpaired) electrons. The fourth-order valence-corrected chi connectivity index (χ4v) is 3.24. The molecule has 0 spiro atoms. The van der Waals surface area contributed by atoms with Crippen LogP contribution in [0.1, 0.15) is 33.1 Å². The zero-order valence-corrected chi connectivity index (χ0v) is 13.2. The number of nitrogens with zero attached hydrogens (tertiary/aromatic N) is 1. The zero-order chi connectivity index (χ0) is 15.5. The number of nitrogens with one attached hydrogen (secondary N) is 2. The van der Waals surface area contributed by atoms with Crippen LogP contribution in [0.3, 0.4) is 0 Å². The van der Waals surface area contributed by atoms with Crippen molar-refractivity contribution >= 4 is 22.5 Å². The molecule has 0 bridgehead atoms. The van der Waals surface area contributed by atoms with E-state index in [9.17, 15) is 4.79 Å². The Labute approximate surface area is 131 Å². The number of fused-ring (bicyclic) bond motifs is 1. The van der Waals surface area contributed by atoms with Gasteiger partial charge in [0.15, 0.2) is 0 Å². The standard InChI is InChI=1S/C18H23N3O/c1-13-7-5-8-14(2)21(13)20-18(22)19-17-12-6-10-15-9-3-4-11-16(15)17/h3-4,6,9-14H,5,7-8H2,1-2H3,(H2,19,20,22)/t13-,14-/m0/s1.